The number of amides is 1. The molecule has 1 amide bonds. The van der Waals surface area contributed by atoms with Gasteiger partial charge < -0.3 is 4.90 Å². The molecular weight excluding hydrogens is 359 g/mol. The van der Waals surface area contributed by atoms with E-state index in [4.69, 9.17) is 23.2 Å². The fourth-order valence-electron chi connectivity index (χ4n) is 2.39. The third kappa shape index (κ3) is 3.02. The molecule has 8 heteroatoms. The van der Waals surface area contributed by atoms with Gasteiger partial charge in [-0.2, -0.15) is 0 Å². The minimum absolute atomic E-state index is 0.0652. The third-order valence-electron chi connectivity index (χ3n) is 3.61. The van der Waals surface area contributed by atoms with Gasteiger partial charge in [0.05, 0.1) is 22.0 Å². The summed E-state index contributed by atoms with van der Waals surface area (Å²) in [6, 6.07) is 9.09. The minimum Gasteiger partial charge on any atom is -0.315 e. The number of hydrogen-bond donors (Lipinski definition) is 1. The van der Waals surface area contributed by atoms with Gasteiger partial charge in [-0.15, -0.1) is 0 Å². The molecule has 23 heavy (non-hydrogen) atoms. The molecule has 0 aromatic heterocycles. The predicted molar refractivity (Wildman–Crippen MR) is 90.8 cm³/mol. The van der Waals surface area contributed by atoms with Crippen molar-refractivity contribution in [2.45, 2.75) is 11.3 Å². The summed E-state index contributed by atoms with van der Waals surface area (Å²) in [7, 11) is -2.17. The summed E-state index contributed by atoms with van der Waals surface area (Å²) >= 11 is 11.8. The van der Waals surface area contributed by atoms with E-state index in [0.29, 0.717) is 10.6 Å². The van der Waals surface area contributed by atoms with Crippen molar-refractivity contribution in [3.05, 3.63) is 52.0 Å². The zero-order valence-corrected chi connectivity index (χ0v) is 14.3. The van der Waals surface area contributed by atoms with E-state index in [2.05, 4.69) is 4.72 Å². The summed E-state index contributed by atoms with van der Waals surface area (Å²) in [6.45, 7) is 0. The highest BCUT2D eigenvalue weighted by molar-refractivity contribution is 7.92. The zero-order valence-electron chi connectivity index (χ0n) is 12.0. The Morgan fingerprint density at radius 1 is 1.13 bits per heavy atom. The van der Waals surface area contributed by atoms with E-state index >= 15 is 0 Å². The van der Waals surface area contributed by atoms with Crippen LogP contribution in [0.4, 0.5) is 11.4 Å². The number of nitrogens with zero attached hydrogens (tertiary/aromatic N) is 1. The Morgan fingerprint density at radius 2 is 1.87 bits per heavy atom. The van der Waals surface area contributed by atoms with Crippen molar-refractivity contribution in [3.8, 4) is 0 Å². The fraction of sp³-hybridized carbons (Fsp3) is 0.133. The number of rotatable bonds is 3. The summed E-state index contributed by atoms with van der Waals surface area (Å²) in [5.74, 6) is -0.0691. The number of hydrogen-bond acceptors (Lipinski definition) is 3. The molecule has 0 atom stereocenters. The van der Waals surface area contributed by atoms with Crippen LogP contribution in [0.2, 0.25) is 10.0 Å². The van der Waals surface area contributed by atoms with Gasteiger partial charge in [0.2, 0.25) is 5.91 Å². The lowest BCUT2D eigenvalue weighted by molar-refractivity contribution is -0.117. The number of anilines is 2. The SMILES string of the molecule is CN1C(=O)Cc2cc(S(=O)(=O)Nc3cc(Cl)ccc3Cl)ccc21. The number of carbonyl (C=O) groups excluding carboxylic acids is 1. The first-order valence-electron chi connectivity index (χ1n) is 6.65. The molecule has 2 aromatic carbocycles. The molecule has 0 bridgehead atoms. The van der Waals surface area contributed by atoms with Crippen LogP contribution in [0.3, 0.4) is 0 Å². The van der Waals surface area contributed by atoms with Crippen molar-refractivity contribution in [1.82, 2.24) is 0 Å². The van der Waals surface area contributed by atoms with Crippen molar-refractivity contribution in [3.63, 3.8) is 0 Å². The summed E-state index contributed by atoms with van der Waals surface area (Å²) in [5.41, 5.74) is 1.60. The quantitative estimate of drug-likeness (QED) is 0.900. The molecule has 5 nitrogen and oxygen atoms in total. The second-order valence-electron chi connectivity index (χ2n) is 5.15. The van der Waals surface area contributed by atoms with E-state index in [1.54, 1.807) is 19.2 Å². The Balaban J connectivity index is 1.97. The van der Waals surface area contributed by atoms with Gasteiger partial charge in [0.25, 0.3) is 10.0 Å². The van der Waals surface area contributed by atoms with Crippen molar-refractivity contribution < 1.29 is 13.2 Å². The lowest BCUT2D eigenvalue weighted by Gasteiger charge is -2.12. The average molecular weight is 371 g/mol. The molecule has 1 aliphatic heterocycles. The number of fused-ring (bicyclic) bond motifs is 1. The Bertz CT molecular complexity index is 913. The second kappa shape index (κ2) is 5.70. The van der Waals surface area contributed by atoms with E-state index in [-0.39, 0.29) is 27.9 Å². The predicted octanol–water partition coefficient (Wildman–Crippen LogP) is 3.31. The van der Waals surface area contributed by atoms with Gasteiger partial charge in [0, 0.05) is 17.8 Å². The summed E-state index contributed by atoms with van der Waals surface area (Å²) in [6.07, 6.45) is 0.188. The minimum atomic E-state index is -3.83. The van der Waals surface area contributed by atoms with Gasteiger partial charge in [0.1, 0.15) is 0 Å². The molecule has 1 N–H and O–H groups in total. The summed E-state index contributed by atoms with van der Waals surface area (Å²) in [5, 5.41) is 0.613. The molecule has 1 heterocycles. The third-order valence-corrected chi connectivity index (χ3v) is 5.54. The van der Waals surface area contributed by atoms with E-state index in [9.17, 15) is 13.2 Å². The molecule has 120 valence electrons. The van der Waals surface area contributed by atoms with Crippen LogP contribution in [0.25, 0.3) is 0 Å². The highest BCUT2D eigenvalue weighted by atomic mass is 35.5. The molecular formula is C15H12Cl2N2O3S. The highest BCUT2D eigenvalue weighted by Crippen LogP contribution is 2.32. The van der Waals surface area contributed by atoms with Gasteiger partial charge in [-0.05, 0) is 42.0 Å². The number of nitrogens with one attached hydrogen (secondary N) is 1. The van der Waals surface area contributed by atoms with Crippen LogP contribution in [-0.2, 0) is 21.2 Å². The number of halogens is 2. The molecule has 2 aromatic rings. The van der Waals surface area contributed by atoms with Crippen molar-refractivity contribution in [2.75, 3.05) is 16.7 Å². The first-order valence-corrected chi connectivity index (χ1v) is 8.89. The van der Waals surface area contributed by atoms with Gasteiger partial charge in [-0.1, -0.05) is 23.2 Å². The molecule has 0 saturated heterocycles. The van der Waals surface area contributed by atoms with E-state index in [0.717, 1.165) is 5.69 Å². The first-order chi connectivity index (χ1) is 10.8. The van der Waals surface area contributed by atoms with Crippen LogP contribution < -0.4 is 9.62 Å². The Kier molecular flexibility index (Phi) is 4.00. The molecule has 0 unspecified atom stereocenters. The second-order valence-corrected chi connectivity index (χ2v) is 7.68. The van der Waals surface area contributed by atoms with Gasteiger partial charge in [-0.25, -0.2) is 8.42 Å². The molecule has 0 aliphatic carbocycles. The molecule has 0 saturated carbocycles. The van der Waals surface area contributed by atoms with Crippen molar-refractivity contribution in [1.29, 1.82) is 0 Å². The number of benzene rings is 2. The molecule has 0 fully saturated rings. The van der Waals surface area contributed by atoms with Gasteiger partial charge >= 0.3 is 0 Å². The average Bonchev–Trinajstić information content (AvgIpc) is 2.77. The molecule has 3 rings (SSSR count). The molecule has 0 spiro atoms. The van der Waals surface area contributed by atoms with Crippen LogP contribution in [-0.4, -0.2) is 21.4 Å². The van der Waals surface area contributed by atoms with E-state index in [1.165, 1.54) is 29.2 Å². The van der Waals surface area contributed by atoms with Crippen molar-refractivity contribution >= 4 is 50.5 Å². The maximum atomic E-state index is 12.5. The van der Waals surface area contributed by atoms with Crippen LogP contribution in [0, 0.1) is 0 Å². The lowest BCUT2D eigenvalue weighted by atomic mass is 10.2. The number of sulfonamides is 1. The van der Waals surface area contributed by atoms with Crippen molar-refractivity contribution in [2.24, 2.45) is 0 Å². The Morgan fingerprint density at radius 3 is 2.61 bits per heavy atom. The van der Waals surface area contributed by atoms with E-state index < -0.39 is 10.0 Å². The lowest BCUT2D eigenvalue weighted by Crippen LogP contribution is -2.20. The summed E-state index contributed by atoms with van der Waals surface area (Å²) < 4.78 is 27.4. The fourth-order valence-corrected chi connectivity index (χ4v) is 3.91. The van der Waals surface area contributed by atoms with Gasteiger partial charge in [0.15, 0.2) is 0 Å². The van der Waals surface area contributed by atoms with Crippen LogP contribution in [0.15, 0.2) is 41.3 Å². The maximum absolute atomic E-state index is 12.5. The molecule has 1 aliphatic rings. The van der Waals surface area contributed by atoms with E-state index in [1.807, 2.05) is 0 Å². The summed E-state index contributed by atoms with van der Waals surface area (Å²) in [4.78, 5) is 13.3. The number of carbonyl (C=O) groups is 1. The highest BCUT2D eigenvalue weighted by Gasteiger charge is 2.26. The van der Waals surface area contributed by atoms with Crippen LogP contribution >= 0.6 is 23.2 Å². The smallest absolute Gasteiger partial charge is 0.261 e. The van der Waals surface area contributed by atoms with Crippen LogP contribution in [0.1, 0.15) is 5.56 Å². The van der Waals surface area contributed by atoms with Gasteiger partial charge in [-0.3, -0.25) is 9.52 Å². The first kappa shape index (κ1) is 16.1. The number of likely N-dealkylation sites (N-methyl/N-ethyl adjacent to an activating group) is 1. The topological polar surface area (TPSA) is 66.5 Å². The normalized spacial score (nSPS) is 14.0. The standard InChI is InChI=1S/C15H12Cl2N2O3S/c1-19-14-5-3-11(6-9(14)7-15(19)20)23(21,22)18-13-8-10(16)2-4-12(13)17/h2-6,8,18H,7H2,1H3. The van der Waals surface area contributed by atoms with Crippen LogP contribution in [0.5, 0.6) is 0 Å². The Hall–Kier alpha value is -1.76. The Labute approximate surface area is 143 Å². The maximum Gasteiger partial charge on any atom is 0.261 e. The monoisotopic (exact) mass is 370 g/mol. The molecule has 0 radical (unpaired) electrons. The zero-order chi connectivity index (χ0) is 16.8. The largest absolute Gasteiger partial charge is 0.315 e.